The zero-order valence-electron chi connectivity index (χ0n) is 8.73. The third-order valence-corrected chi connectivity index (χ3v) is 3.12. The number of hydrogen-bond donors (Lipinski definition) is 0. The summed E-state index contributed by atoms with van der Waals surface area (Å²) in [6, 6.07) is 4.42. The molecule has 1 aromatic carbocycles. The molecule has 0 atom stereocenters. The molecule has 0 radical (unpaired) electrons. The van der Waals surface area contributed by atoms with Crippen LogP contribution in [-0.2, 0) is 0 Å². The van der Waals surface area contributed by atoms with E-state index in [9.17, 15) is 14.9 Å². The van der Waals surface area contributed by atoms with Crippen molar-refractivity contribution in [3.8, 4) is 0 Å². The lowest BCUT2D eigenvalue weighted by molar-refractivity contribution is -0.385. The fraction of sp³-hybridized carbons (Fsp3) is 0.364. The van der Waals surface area contributed by atoms with Gasteiger partial charge < -0.3 is 0 Å². The largest absolute Gasteiger partial charge is 0.291 e. The third kappa shape index (κ3) is 2.58. The standard InChI is InChI=1S/C11H9Cl2NO3/c12-11(13)10(15)7-3-4-8(6-1-2-6)9(5-7)14(16)17/h3-6,11H,1-2H2. The third-order valence-electron chi connectivity index (χ3n) is 2.73. The van der Waals surface area contributed by atoms with Gasteiger partial charge in [-0.1, -0.05) is 35.3 Å². The van der Waals surface area contributed by atoms with Gasteiger partial charge in [0.1, 0.15) is 0 Å². The Bertz CT molecular complexity index is 484. The molecule has 0 heterocycles. The van der Waals surface area contributed by atoms with Gasteiger partial charge in [0.25, 0.3) is 5.69 Å². The first-order chi connectivity index (χ1) is 8.00. The molecule has 0 amide bonds. The molecule has 0 unspecified atom stereocenters. The fourth-order valence-corrected chi connectivity index (χ4v) is 1.97. The minimum absolute atomic E-state index is 0.0210. The number of hydrogen-bond acceptors (Lipinski definition) is 3. The minimum atomic E-state index is -1.19. The van der Waals surface area contributed by atoms with E-state index in [4.69, 9.17) is 23.2 Å². The molecule has 0 aliphatic heterocycles. The summed E-state index contributed by atoms with van der Waals surface area (Å²) < 4.78 is 0. The van der Waals surface area contributed by atoms with Crippen molar-refractivity contribution in [3.05, 3.63) is 39.4 Å². The Labute approximate surface area is 108 Å². The molecule has 2 rings (SSSR count). The van der Waals surface area contributed by atoms with E-state index in [1.165, 1.54) is 6.07 Å². The monoisotopic (exact) mass is 273 g/mol. The van der Waals surface area contributed by atoms with Crippen molar-refractivity contribution in [2.75, 3.05) is 0 Å². The number of nitro benzene ring substituents is 1. The normalized spacial score (nSPS) is 15.0. The van der Waals surface area contributed by atoms with Crippen LogP contribution in [0.25, 0.3) is 0 Å². The number of rotatable bonds is 4. The van der Waals surface area contributed by atoms with Gasteiger partial charge >= 0.3 is 0 Å². The average molecular weight is 274 g/mol. The number of nitrogens with zero attached hydrogens (tertiary/aromatic N) is 1. The predicted octanol–water partition coefficient (Wildman–Crippen LogP) is 3.46. The molecule has 1 aromatic rings. The Kier molecular flexibility index (Phi) is 3.35. The Morgan fingerprint density at radius 2 is 2.06 bits per heavy atom. The molecule has 1 fully saturated rings. The molecule has 90 valence electrons. The molecular formula is C11H9Cl2NO3. The van der Waals surface area contributed by atoms with Crippen LogP contribution in [0, 0.1) is 10.1 Å². The van der Waals surface area contributed by atoms with Crippen LogP contribution in [0.4, 0.5) is 5.69 Å². The zero-order chi connectivity index (χ0) is 12.6. The van der Waals surface area contributed by atoms with Crippen molar-refractivity contribution < 1.29 is 9.72 Å². The number of halogens is 2. The summed E-state index contributed by atoms with van der Waals surface area (Å²) in [6.07, 6.45) is 1.92. The van der Waals surface area contributed by atoms with Gasteiger partial charge in [-0.25, -0.2) is 0 Å². The van der Waals surface area contributed by atoms with Crippen molar-refractivity contribution >= 4 is 34.7 Å². The molecular weight excluding hydrogens is 265 g/mol. The van der Waals surface area contributed by atoms with Crippen LogP contribution in [0.3, 0.4) is 0 Å². The van der Waals surface area contributed by atoms with Gasteiger partial charge in [-0.3, -0.25) is 14.9 Å². The lowest BCUT2D eigenvalue weighted by Crippen LogP contribution is -2.09. The number of carbonyl (C=O) groups excluding carboxylic acids is 1. The molecule has 0 N–H and O–H groups in total. The number of benzene rings is 1. The molecule has 0 aromatic heterocycles. The summed E-state index contributed by atoms with van der Waals surface area (Å²) in [5.41, 5.74) is 0.843. The molecule has 1 aliphatic rings. The van der Waals surface area contributed by atoms with Gasteiger partial charge in [-0.15, -0.1) is 0 Å². The number of carbonyl (C=O) groups is 1. The van der Waals surface area contributed by atoms with Crippen LogP contribution in [-0.4, -0.2) is 15.5 Å². The summed E-state index contributed by atoms with van der Waals surface area (Å²) in [5, 5.41) is 10.9. The van der Waals surface area contributed by atoms with Crippen molar-refractivity contribution in [2.45, 2.75) is 23.6 Å². The number of nitro groups is 1. The quantitative estimate of drug-likeness (QED) is 0.365. The maximum Gasteiger partial charge on any atom is 0.273 e. The van der Waals surface area contributed by atoms with Gasteiger partial charge in [0.05, 0.1) is 4.92 Å². The second-order valence-electron chi connectivity index (χ2n) is 3.97. The molecule has 0 spiro atoms. The SMILES string of the molecule is O=C(c1ccc(C2CC2)c([N+](=O)[O-])c1)C(Cl)Cl. The Balaban J connectivity index is 2.41. The Morgan fingerprint density at radius 1 is 1.41 bits per heavy atom. The van der Waals surface area contributed by atoms with Gasteiger partial charge in [-0.05, 0) is 18.8 Å². The first kappa shape index (κ1) is 12.3. The van der Waals surface area contributed by atoms with Crippen LogP contribution in [0.1, 0.15) is 34.7 Å². The van der Waals surface area contributed by atoms with Gasteiger partial charge in [-0.2, -0.15) is 0 Å². The highest BCUT2D eigenvalue weighted by molar-refractivity contribution is 6.55. The molecule has 1 saturated carbocycles. The van der Waals surface area contributed by atoms with Crippen LogP contribution >= 0.6 is 23.2 Å². The molecule has 17 heavy (non-hydrogen) atoms. The first-order valence-electron chi connectivity index (χ1n) is 5.11. The second-order valence-corrected chi connectivity index (χ2v) is 5.07. The highest BCUT2D eigenvalue weighted by Crippen LogP contribution is 2.44. The summed E-state index contributed by atoms with van der Waals surface area (Å²) in [6.45, 7) is 0. The first-order valence-corrected chi connectivity index (χ1v) is 5.98. The van der Waals surface area contributed by atoms with E-state index in [2.05, 4.69) is 0 Å². The smallest absolute Gasteiger partial charge is 0.273 e. The van der Waals surface area contributed by atoms with E-state index in [1.54, 1.807) is 12.1 Å². The van der Waals surface area contributed by atoms with Crippen LogP contribution in [0.2, 0.25) is 0 Å². The van der Waals surface area contributed by atoms with Crippen molar-refractivity contribution in [2.24, 2.45) is 0 Å². The predicted molar refractivity (Wildman–Crippen MR) is 64.9 cm³/mol. The maximum absolute atomic E-state index is 11.5. The Hall–Kier alpha value is -1.13. The van der Waals surface area contributed by atoms with Crippen LogP contribution in [0.15, 0.2) is 18.2 Å². The summed E-state index contributed by atoms with van der Waals surface area (Å²) in [7, 11) is 0. The number of ketones is 1. The molecule has 0 bridgehead atoms. The van der Waals surface area contributed by atoms with Gasteiger partial charge in [0.15, 0.2) is 10.6 Å². The summed E-state index contributed by atoms with van der Waals surface area (Å²) in [5.74, 6) is -0.263. The lowest BCUT2D eigenvalue weighted by atomic mass is 10.0. The van der Waals surface area contributed by atoms with E-state index in [-0.39, 0.29) is 17.2 Å². The fourth-order valence-electron chi connectivity index (χ4n) is 1.72. The zero-order valence-corrected chi connectivity index (χ0v) is 10.2. The summed E-state index contributed by atoms with van der Waals surface area (Å²) >= 11 is 10.9. The minimum Gasteiger partial charge on any atom is -0.291 e. The van der Waals surface area contributed by atoms with Crippen molar-refractivity contribution in [1.29, 1.82) is 0 Å². The van der Waals surface area contributed by atoms with E-state index in [0.717, 1.165) is 12.8 Å². The van der Waals surface area contributed by atoms with Gasteiger partial charge in [0, 0.05) is 17.2 Å². The van der Waals surface area contributed by atoms with Crippen LogP contribution in [0.5, 0.6) is 0 Å². The highest BCUT2D eigenvalue weighted by atomic mass is 35.5. The molecule has 6 heteroatoms. The maximum atomic E-state index is 11.5. The van der Waals surface area contributed by atoms with Crippen LogP contribution < -0.4 is 0 Å². The molecule has 4 nitrogen and oxygen atoms in total. The summed E-state index contributed by atoms with van der Waals surface area (Å²) in [4.78, 5) is 20.8. The Morgan fingerprint density at radius 3 is 2.53 bits per heavy atom. The van der Waals surface area contributed by atoms with Crippen molar-refractivity contribution in [3.63, 3.8) is 0 Å². The highest BCUT2D eigenvalue weighted by Gasteiger charge is 2.31. The van der Waals surface area contributed by atoms with E-state index in [1.807, 2.05) is 0 Å². The number of alkyl halides is 2. The topological polar surface area (TPSA) is 60.2 Å². The molecule has 0 saturated heterocycles. The van der Waals surface area contributed by atoms with Crippen molar-refractivity contribution in [1.82, 2.24) is 0 Å². The average Bonchev–Trinajstić information content (AvgIpc) is 3.10. The lowest BCUT2D eigenvalue weighted by Gasteiger charge is -2.04. The molecule has 1 aliphatic carbocycles. The van der Waals surface area contributed by atoms with E-state index >= 15 is 0 Å². The van der Waals surface area contributed by atoms with Gasteiger partial charge in [0.2, 0.25) is 0 Å². The van der Waals surface area contributed by atoms with E-state index in [0.29, 0.717) is 5.56 Å². The second kappa shape index (κ2) is 4.63. The number of Topliss-reactive ketones (excluding diaryl/α,β-unsaturated/α-hetero) is 1. The van der Waals surface area contributed by atoms with E-state index < -0.39 is 15.5 Å².